The van der Waals surface area contributed by atoms with Crippen LogP contribution in [0.25, 0.3) is 10.2 Å². The van der Waals surface area contributed by atoms with Crippen molar-refractivity contribution in [3.63, 3.8) is 0 Å². The summed E-state index contributed by atoms with van der Waals surface area (Å²) in [6, 6.07) is 13.3. The van der Waals surface area contributed by atoms with E-state index >= 15 is 0 Å². The van der Waals surface area contributed by atoms with E-state index in [-0.39, 0.29) is 5.78 Å². The number of rotatable bonds is 3. The van der Waals surface area contributed by atoms with E-state index in [2.05, 4.69) is 9.97 Å². The molecule has 0 atom stereocenters. The van der Waals surface area contributed by atoms with Gasteiger partial charge in [0.25, 0.3) is 0 Å². The maximum absolute atomic E-state index is 12.1. The van der Waals surface area contributed by atoms with Gasteiger partial charge in [-0.15, -0.1) is 11.3 Å². The van der Waals surface area contributed by atoms with Gasteiger partial charge in [-0.25, -0.2) is 4.98 Å². The summed E-state index contributed by atoms with van der Waals surface area (Å²) in [7, 11) is 0. The number of carbonyl (C=O) groups excluding carboxylic acids is 1. The second kappa shape index (κ2) is 4.66. The number of Topliss-reactive ketones (excluding diaryl/α,β-unsaturated/α-hetero) is 1. The zero-order chi connectivity index (χ0) is 12.4. The molecule has 0 radical (unpaired) electrons. The van der Waals surface area contributed by atoms with Crippen LogP contribution >= 0.6 is 11.3 Å². The number of fused-ring (bicyclic) bond motifs is 1. The van der Waals surface area contributed by atoms with Crippen molar-refractivity contribution in [3.8, 4) is 0 Å². The van der Waals surface area contributed by atoms with Gasteiger partial charge < -0.3 is 0 Å². The summed E-state index contributed by atoms with van der Waals surface area (Å²) in [6.45, 7) is 0. The molecule has 0 aliphatic heterocycles. The molecule has 2 aromatic heterocycles. The lowest BCUT2D eigenvalue weighted by Crippen LogP contribution is -2.04. The maximum atomic E-state index is 12.1. The first-order valence-corrected chi connectivity index (χ1v) is 6.43. The second-order valence-corrected chi connectivity index (χ2v) is 4.94. The zero-order valence-electron chi connectivity index (χ0n) is 9.54. The molecule has 4 heteroatoms. The van der Waals surface area contributed by atoms with Crippen LogP contribution in [0.4, 0.5) is 0 Å². The summed E-state index contributed by atoms with van der Waals surface area (Å²) in [4.78, 5) is 20.6. The van der Waals surface area contributed by atoms with Crippen LogP contribution in [0.3, 0.4) is 0 Å². The molecule has 0 saturated carbocycles. The van der Waals surface area contributed by atoms with Crippen LogP contribution in [0.15, 0.2) is 48.7 Å². The average Bonchev–Trinajstić information content (AvgIpc) is 2.84. The Morgan fingerprint density at radius 3 is 2.72 bits per heavy atom. The zero-order valence-corrected chi connectivity index (χ0v) is 10.4. The first kappa shape index (κ1) is 11.0. The highest BCUT2D eigenvalue weighted by molar-refractivity contribution is 7.20. The Hall–Kier alpha value is -2.07. The summed E-state index contributed by atoms with van der Waals surface area (Å²) in [6.07, 6.45) is 2.00. The van der Waals surface area contributed by atoms with Gasteiger partial charge in [0, 0.05) is 11.9 Å². The van der Waals surface area contributed by atoms with E-state index in [1.807, 2.05) is 42.5 Å². The molecule has 0 aliphatic rings. The molecular formula is C14H10N2OS. The minimum atomic E-state index is 0.0231. The van der Waals surface area contributed by atoms with Crippen LogP contribution in [0.2, 0.25) is 0 Å². The molecule has 18 heavy (non-hydrogen) atoms. The molecule has 0 bridgehead atoms. The quantitative estimate of drug-likeness (QED) is 0.674. The Labute approximate surface area is 108 Å². The topological polar surface area (TPSA) is 42.9 Å². The Balaban J connectivity index is 1.88. The standard InChI is InChI=1S/C14H10N2OS/c17-12(9-10-5-3-4-8-15-10)14-16-11-6-1-2-7-13(11)18-14/h1-8H,9H2. The molecule has 0 N–H and O–H groups in total. The third-order valence-corrected chi connectivity index (χ3v) is 3.68. The molecule has 3 nitrogen and oxygen atoms in total. The molecule has 3 aromatic rings. The van der Waals surface area contributed by atoms with Gasteiger partial charge in [-0.2, -0.15) is 0 Å². The van der Waals surface area contributed by atoms with Crippen LogP contribution < -0.4 is 0 Å². The van der Waals surface area contributed by atoms with Crippen molar-refractivity contribution < 1.29 is 4.79 Å². The molecular weight excluding hydrogens is 244 g/mol. The van der Waals surface area contributed by atoms with Crippen molar-refractivity contribution in [3.05, 3.63) is 59.4 Å². The van der Waals surface area contributed by atoms with E-state index in [1.165, 1.54) is 11.3 Å². The van der Waals surface area contributed by atoms with Gasteiger partial charge in [-0.1, -0.05) is 18.2 Å². The monoisotopic (exact) mass is 254 g/mol. The van der Waals surface area contributed by atoms with Crippen molar-refractivity contribution in [2.24, 2.45) is 0 Å². The number of carbonyl (C=O) groups is 1. The number of hydrogen-bond acceptors (Lipinski definition) is 4. The lowest BCUT2D eigenvalue weighted by Gasteiger charge is -1.96. The van der Waals surface area contributed by atoms with Crippen LogP contribution in [0, 0.1) is 0 Å². The Kier molecular flexibility index (Phi) is 2.86. The predicted molar refractivity (Wildman–Crippen MR) is 71.9 cm³/mol. The number of para-hydroxylation sites is 1. The summed E-state index contributed by atoms with van der Waals surface area (Å²) >= 11 is 1.44. The molecule has 0 saturated heterocycles. The highest BCUT2D eigenvalue weighted by Gasteiger charge is 2.12. The van der Waals surface area contributed by atoms with Crippen molar-refractivity contribution >= 4 is 27.3 Å². The number of pyridine rings is 1. The lowest BCUT2D eigenvalue weighted by molar-refractivity contribution is 0.0992. The van der Waals surface area contributed by atoms with Crippen molar-refractivity contribution in [2.45, 2.75) is 6.42 Å². The number of nitrogens with zero attached hydrogens (tertiary/aromatic N) is 2. The van der Waals surface area contributed by atoms with Crippen LogP contribution in [-0.2, 0) is 6.42 Å². The fourth-order valence-corrected chi connectivity index (χ4v) is 2.64. The molecule has 0 aliphatic carbocycles. The molecule has 0 amide bonds. The smallest absolute Gasteiger partial charge is 0.197 e. The number of thiazole rings is 1. The largest absolute Gasteiger partial charge is 0.291 e. The minimum absolute atomic E-state index is 0.0231. The Bertz CT molecular complexity index is 658. The predicted octanol–water partition coefficient (Wildman–Crippen LogP) is 3.12. The summed E-state index contributed by atoms with van der Waals surface area (Å²) < 4.78 is 1.04. The van der Waals surface area contributed by atoms with Gasteiger partial charge in [0.2, 0.25) is 0 Å². The number of hydrogen-bond donors (Lipinski definition) is 0. The van der Waals surface area contributed by atoms with Crippen LogP contribution in [-0.4, -0.2) is 15.8 Å². The number of aromatic nitrogens is 2. The maximum Gasteiger partial charge on any atom is 0.197 e. The molecule has 0 unspecified atom stereocenters. The second-order valence-electron chi connectivity index (χ2n) is 3.91. The SMILES string of the molecule is O=C(Cc1ccccn1)c1nc2ccccc2s1. The summed E-state index contributed by atoms with van der Waals surface area (Å²) in [5.74, 6) is 0.0231. The summed E-state index contributed by atoms with van der Waals surface area (Å²) in [5, 5.41) is 0.557. The van der Waals surface area contributed by atoms with Crippen molar-refractivity contribution in [2.75, 3.05) is 0 Å². The third-order valence-electron chi connectivity index (χ3n) is 2.60. The van der Waals surface area contributed by atoms with E-state index in [0.29, 0.717) is 11.4 Å². The van der Waals surface area contributed by atoms with E-state index in [9.17, 15) is 4.79 Å². The van der Waals surface area contributed by atoms with E-state index < -0.39 is 0 Å². The highest BCUT2D eigenvalue weighted by Crippen LogP contribution is 2.22. The van der Waals surface area contributed by atoms with Crippen molar-refractivity contribution in [1.82, 2.24) is 9.97 Å². The van der Waals surface area contributed by atoms with E-state index in [0.717, 1.165) is 15.9 Å². The lowest BCUT2D eigenvalue weighted by atomic mass is 10.2. The Morgan fingerprint density at radius 2 is 1.94 bits per heavy atom. The number of ketones is 1. The van der Waals surface area contributed by atoms with E-state index in [1.54, 1.807) is 6.20 Å². The van der Waals surface area contributed by atoms with Crippen LogP contribution in [0.5, 0.6) is 0 Å². The molecule has 2 heterocycles. The number of benzene rings is 1. The minimum Gasteiger partial charge on any atom is -0.291 e. The van der Waals surface area contributed by atoms with Gasteiger partial charge in [0.1, 0.15) is 0 Å². The third kappa shape index (κ3) is 2.15. The first-order chi connectivity index (χ1) is 8.83. The van der Waals surface area contributed by atoms with Gasteiger partial charge in [0.15, 0.2) is 10.8 Å². The highest BCUT2D eigenvalue weighted by atomic mass is 32.1. The summed E-state index contributed by atoms with van der Waals surface area (Å²) in [5.41, 5.74) is 1.66. The molecule has 0 fully saturated rings. The normalized spacial score (nSPS) is 10.7. The Morgan fingerprint density at radius 1 is 1.11 bits per heavy atom. The van der Waals surface area contributed by atoms with Gasteiger partial charge in [0.05, 0.1) is 16.6 Å². The first-order valence-electron chi connectivity index (χ1n) is 5.61. The van der Waals surface area contributed by atoms with Crippen molar-refractivity contribution in [1.29, 1.82) is 0 Å². The van der Waals surface area contributed by atoms with E-state index in [4.69, 9.17) is 0 Å². The molecule has 0 spiro atoms. The molecule has 88 valence electrons. The fraction of sp³-hybridized carbons (Fsp3) is 0.0714. The fourth-order valence-electron chi connectivity index (χ4n) is 1.73. The molecule has 1 aromatic carbocycles. The molecule has 3 rings (SSSR count). The average molecular weight is 254 g/mol. The van der Waals surface area contributed by atoms with Crippen LogP contribution in [0.1, 0.15) is 15.5 Å². The van der Waals surface area contributed by atoms with Gasteiger partial charge >= 0.3 is 0 Å². The van der Waals surface area contributed by atoms with Gasteiger partial charge in [-0.05, 0) is 24.3 Å². The van der Waals surface area contributed by atoms with Gasteiger partial charge in [-0.3, -0.25) is 9.78 Å².